The minimum atomic E-state index is -0.428. The molecule has 2 heterocycles. The van der Waals surface area contributed by atoms with E-state index in [9.17, 15) is 14.4 Å². The van der Waals surface area contributed by atoms with Crippen molar-refractivity contribution in [3.63, 3.8) is 0 Å². The molecule has 0 saturated carbocycles. The first-order valence-corrected chi connectivity index (χ1v) is 10.8. The van der Waals surface area contributed by atoms with Crippen molar-refractivity contribution in [2.24, 2.45) is 0 Å². The van der Waals surface area contributed by atoms with Crippen LogP contribution in [-0.2, 0) is 16.0 Å². The molecule has 0 unspecified atom stereocenters. The standard InChI is InChI=1S/C20H18Cl2N4O4S/c1-2-26(10-16(27)24-18-13(21)5-3-6-14(18)22)17(28)9-12-11-31-20(23-12)25-19(29)15-7-4-8-30-15/h3-8,11H,2,9-10H2,1H3,(H,24,27)(H,23,25,29). The number of aromatic nitrogens is 1. The maximum Gasteiger partial charge on any atom is 0.293 e. The van der Waals surface area contributed by atoms with Crippen molar-refractivity contribution in [3.8, 4) is 0 Å². The molecule has 0 radical (unpaired) electrons. The van der Waals surface area contributed by atoms with Crippen LogP contribution >= 0.6 is 34.5 Å². The molecule has 2 N–H and O–H groups in total. The fraction of sp³-hybridized carbons (Fsp3) is 0.200. The summed E-state index contributed by atoms with van der Waals surface area (Å²) >= 11 is 13.3. The second-order valence-electron chi connectivity index (χ2n) is 6.30. The number of hydrogen-bond donors (Lipinski definition) is 2. The quantitative estimate of drug-likeness (QED) is 0.499. The van der Waals surface area contributed by atoms with Gasteiger partial charge < -0.3 is 14.6 Å². The van der Waals surface area contributed by atoms with Crippen molar-refractivity contribution in [2.45, 2.75) is 13.3 Å². The van der Waals surface area contributed by atoms with Gasteiger partial charge in [0.15, 0.2) is 10.9 Å². The molecular formula is C20H18Cl2N4O4S. The number of nitrogens with zero attached hydrogens (tertiary/aromatic N) is 2. The molecular weight excluding hydrogens is 463 g/mol. The van der Waals surface area contributed by atoms with Gasteiger partial charge in [-0.05, 0) is 31.2 Å². The summed E-state index contributed by atoms with van der Waals surface area (Å²) in [5.41, 5.74) is 0.786. The molecule has 0 aliphatic rings. The first-order valence-electron chi connectivity index (χ1n) is 9.18. The van der Waals surface area contributed by atoms with Gasteiger partial charge in [-0.15, -0.1) is 11.3 Å². The van der Waals surface area contributed by atoms with Crippen LogP contribution in [-0.4, -0.2) is 40.7 Å². The van der Waals surface area contributed by atoms with E-state index in [0.29, 0.717) is 33.1 Å². The molecule has 11 heteroatoms. The molecule has 0 fully saturated rings. The number of likely N-dealkylation sites (N-methyl/N-ethyl adjacent to an activating group) is 1. The minimum Gasteiger partial charge on any atom is -0.459 e. The zero-order chi connectivity index (χ0) is 22.4. The number of halogens is 2. The lowest BCUT2D eigenvalue weighted by Crippen LogP contribution is -2.38. The van der Waals surface area contributed by atoms with Gasteiger partial charge in [-0.2, -0.15) is 0 Å². The van der Waals surface area contributed by atoms with E-state index in [4.69, 9.17) is 27.6 Å². The van der Waals surface area contributed by atoms with Gasteiger partial charge in [0.2, 0.25) is 11.8 Å². The molecule has 8 nitrogen and oxygen atoms in total. The van der Waals surface area contributed by atoms with Crippen LogP contribution < -0.4 is 10.6 Å². The van der Waals surface area contributed by atoms with Crippen LogP contribution in [0.3, 0.4) is 0 Å². The van der Waals surface area contributed by atoms with Gasteiger partial charge in [0.1, 0.15) is 0 Å². The third-order valence-electron chi connectivity index (χ3n) is 4.15. The van der Waals surface area contributed by atoms with Crippen molar-refractivity contribution >= 4 is 63.1 Å². The Labute approximate surface area is 192 Å². The number of benzene rings is 1. The summed E-state index contributed by atoms with van der Waals surface area (Å²) in [7, 11) is 0. The minimum absolute atomic E-state index is 0.0128. The third kappa shape index (κ3) is 6.06. The van der Waals surface area contributed by atoms with Crippen LogP contribution in [0.1, 0.15) is 23.2 Å². The van der Waals surface area contributed by atoms with Crippen LogP contribution in [0.15, 0.2) is 46.4 Å². The number of para-hydroxylation sites is 1. The van der Waals surface area contributed by atoms with Crippen LogP contribution in [0.5, 0.6) is 0 Å². The first kappa shape index (κ1) is 22.8. The normalized spacial score (nSPS) is 10.5. The smallest absolute Gasteiger partial charge is 0.293 e. The largest absolute Gasteiger partial charge is 0.459 e. The second kappa shape index (κ2) is 10.4. The molecule has 0 bridgehead atoms. The number of furan rings is 1. The molecule has 0 aliphatic carbocycles. The molecule has 0 spiro atoms. The Morgan fingerprint density at radius 2 is 1.87 bits per heavy atom. The fourth-order valence-corrected chi connectivity index (χ4v) is 3.82. The Balaban J connectivity index is 1.56. The monoisotopic (exact) mass is 480 g/mol. The van der Waals surface area contributed by atoms with Crippen molar-refractivity contribution in [1.82, 2.24) is 9.88 Å². The number of amides is 3. The zero-order valence-corrected chi connectivity index (χ0v) is 18.7. The van der Waals surface area contributed by atoms with E-state index < -0.39 is 11.8 Å². The van der Waals surface area contributed by atoms with Crippen LogP contribution in [0.4, 0.5) is 10.8 Å². The highest BCUT2D eigenvalue weighted by Gasteiger charge is 2.19. The van der Waals surface area contributed by atoms with E-state index in [0.717, 1.165) is 0 Å². The van der Waals surface area contributed by atoms with E-state index >= 15 is 0 Å². The summed E-state index contributed by atoms with van der Waals surface area (Å²) < 4.78 is 5.03. The molecule has 3 aromatic rings. The van der Waals surface area contributed by atoms with E-state index in [1.807, 2.05) is 0 Å². The number of carbonyl (C=O) groups is 3. The molecule has 162 valence electrons. The van der Waals surface area contributed by atoms with Gasteiger partial charge in [-0.3, -0.25) is 19.7 Å². The SMILES string of the molecule is CCN(CC(=O)Nc1c(Cl)cccc1Cl)C(=O)Cc1csc(NC(=O)c2ccco2)n1. The molecule has 31 heavy (non-hydrogen) atoms. The summed E-state index contributed by atoms with van der Waals surface area (Å²) in [5.74, 6) is -0.969. The van der Waals surface area contributed by atoms with Gasteiger partial charge in [0.05, 0.1) is 40.7 Å². The average molecular weight is 481 g/mol. The Kier molecular flexibility index (Phi) is 7.67. The fourth-order valence-electron chi connectivity index (χ4n) is 2.62. The van der Waals surface area contributed by atoms with E-state index in [1.165, 1.54) is 28.6 Å². The van der Waals surface area contributed by atoms with E-state index in [1.54, 1.807) is 36.6 Å². The highest BCUT2D eigenvalue weighted by atomic mass is 35.5. The highest BCUT2D eigenvalue weighted by molar-refractivity contribution is 7.14. The topological polar surface area (TPSA) is 105 Å². The van der Waals surface area contributed by atoms with E-state index in [-0.39, 0.29) is 24.6 Å². The van der Waals surface area contributed by atoms with Crippen molar-refractivity contribution < 1.29 is 18.8 Å². The summed E-state index contributed by atoms with van der Waals surface area (Å²) in [4.78, 5) is 42.7. The molecule has 2 aromatic heterocycles. The zero-order valence-electron chi connectivity index (χ0n) is 16.4. The lowest BCUT2D eigenvalue weighted by molar-refractivity contribution is -0.133. The summed E-state index contributed by atoms with van der Waals surface area (Å²) in [5, 5.41) is 7.88. The first-order chi connectivity index (χ1) is 14.9. The summed E-state index contributed by atoms with van der Waals surface area (Å²) in [6.07, 6.45) is 1.39. The van der Waals surface area contributed by atoms with Crippen LogP contribution in [0.25, 0.3) is 0 Å². The predicted octanol–water partition coefficient (Wildman–Crippen LogP) is 4.32. The molecule has 3 amide bonds. The predicted molar refractivity (Wildman–Crippen MR) is 120 cm³/mol. The number of hydrogen-bond acceptors (Lipinski definition) is 6. The number of nitrogens with one attached hydrogen (secondary N) is 2. The number of rotatable bonds is 8. The number of anilines is 2. The van der Waals surface area contributed by atoms with Crippen LogP contribution in [0.2, 0.25) is 10.0 Å². The maximum absolute atomic E-state index is 12.6. The lowest BCUT2D eigenvalue weighted by Gasteiger charge is -2.20. The van der Waals surface area contributed by atoms with E-state index in [2.05, 4.69) is 15.6 Å². The molecule has 0 atom stereocenters. The number of carbonyl (C=O) groups excluding carboxylic acids is 3. The van der Waals surface area contributed by atoms with Crippen molar-refractivity contribution in [1.29, 1.82) is 0 Å². The molecule has 0 aliphatic heterocycles. The lowest BCUT2D eigenvalue weighted by atomic mass is 10.3. The highest BCUT2D eigenvalue weighted by Crippen LogP contribution is 2.29. The third-order valence-corrected chi connectivity index (χ3v) is 5.58. The Bertz CT molecular complexity index is 1060. The molecule has 1 aromatic carbocycles. The van der Waals surface area contributed by atoms with Crippen molar-refractivity contribution in [3.05, 3.63) is 63.5 Å². The van der Waals surface area contributed by atoms with Crippen molar-refractivity contribution in [2.75, 3.05) is 23.7 Å². The number of thiazole rings is 1. The van der Waals surface area contributed by atoms with Gasteiger partial charge in [-0.1, -0.05) is 29.3 Å². The second-order valence-corrected chi connectivity index (χ2v) is 7.98. The Morgan fingerprint density at radius 3 is 2.52 bits per heavy atom. The average Bonchev–Trinajstić information content (AvgIpc) is 3.41. The Morgan fingerprint density at radius 1 is 1.13 bits per heavy atom. The summed E-state index contributed by atoms with van der Waals surface area (Å²) in [6.45, 7) is 1.93. The molecule has 3 rings (SSSR count). The maximum atomic E-state index is 12.6. The van der Waals surface area contributed by atoms with Gasteiger partial charge in [-0.25, -0.2) is 4.98 Å². The van der Waals surface area contributed by atoms with Gasteiger partial charge in [0.25, 0.3) is 5.91 Å². The Hall–Kier alpha value is -2.88. The molecule has 0 saturated heterocycles. The summed E-state index contributed by atoms with van der Waals surface area (Å²) in [6, 6.07) is 8.03. The van der Waals surface area contributed by atoms with Crippen LogP contribution in [0, 0.1) is 0 Å². The van der Waals surface area contributed by atoms with Gasteiger partial charge in [0, 0.05) is 11.9 Å². The van der Waals surface area contributed by atoms with Gasteiger partial charge >= 0.3 is 0 Å².